The van der Waals surface area contributed by atoms with Gasteiger partial charge in [-0.3, -0.25) is 4.79 Å². The number of hydrogen-bond acceptors (Lipinski definition) is 2. The van der Waals surface area contributed by atoms with Gasteiger partial charge in [-0.1, -0.05) is 62.9 Å². The third-order valence-electron chi connectivity index (χ3n) is 3.03. The predicted octanol–water partition coefficient (Wildman–Crippen LogP) is 3.62. The molecule has 0 aliphatic heterocycles. The van der Waals surface area contributed by atoms with Crippen molar-refractivity contribution in [2.75, 3.05) is 0 Å². The summed E-state index contributed by atoms with van der Waals surface area (Å²) in [5.74, 6) is 0.160. The number of carbonyl (C=O) groups is 1. The summed E-state index contributed by atoms with van der Waals surface area (Å²) in [6, 6.07) is 9.17. The summed E-state index contributed by atoms with van der Waals surface area (Å²) >= 11 is 0. The van der Waals surface area contributed by atoms with Crippen LogP contribution in [-0.2, 0) is 4.79 Å². The molecule has 0 fully saturated rings. The molecule has 2 N–H and O–H groups in total. The SMILES string of the molecule is CCCCCCCC(=O)[C@H](N)c1ccccc1. The lowest BCUT2D eigenvalue weighted by atomic mass is 9.99. The summed E-state index contributed by atoms with van der Waals surface area (Å²) in [4.78, 5) is 11.9. The molecule has 0 saturated heterocycles. The van der Waals surface area contributed by atoms with Crippen LogP contribution in [0, 0.1) is 0 Å². The maximum Gasteiger partial charge on any atom is 0.154 e. The second-order valence-corrected chi connectivity index (χ2v) is 4.52. The van der Waals surface area contributed by atoms with Gasteiger partial charge in [0.2, 0.25) is 0 Å². The van der Waals surface area contributed by atoms with E-state index in [-0.39, 0.29) is 5.78 Å². The van der Waals surface area contributed by atoms with Crippen LogP contribution in [0.2, 0.25) is 0 Å². The highest BCUT2D eigenvalue weighted by atomic mass is 16.1. The van der Waals surface area contributed by atoms with Crippen molar-refractivity contribution in [3.63, 3.8) is 0 Å². The first-order chi connectivity index (χ1) is 8.25. The Morgan fingerprint density at radius 1 is 1.12 bits per heavy atom. The van der Waals surface area contributed by atoms with E-state index in [1.165, 1.54) is 19.3 Å². The molecule has 0 unspecified atom stereocenters. The third-order valence-corrected chi connectivity index (χ3v) is 3.03. The lowest BCUT2D eigenvalue weighted by Gasteiger charge is -2.10. The fourth-order valence-electron chi connectivity index (χ4n) is 1.90. The van der Waals surface area contributed by atoms with E-state index in [1.54, 1.807) is 0 Å². The molecule has 0 heterocycles. The molecule has 0 saturated carbocycles. The molecule has 94 valence electrons. The summed E-state index contributed by atoms with van der Waals surface area (Å²) in [5.41, 5.74) is 6.85. The first-order valence-corrected chi connectivity index (χ1v) is 6.59. The van der Waals surface area contributed by atoms with Crippen molar-refractivity contribution >= 4 is 5.78 Å². The van der Waals surface area contributed by atoms with Crippen molar-refractivity contribution in [3.8, 4) is 0 Å². The minimum atomic E-state index is -0.442. The minimum Gasteiger partial charge on any atom is -0.318 e. The number of unbranched alkanes of at least 4 members (excludes halogenated alkanes) is 4. The van der Waals surface area contributed by atoms with Crippen LogP contribution in [-0.4, -0.2) is 5.78 Å². The molecule has 0 aliphatic carbocycles. The molecule has 2 heteroatoms. The second-order valence-electron chi connectivity index (χ2n) is 4.52. The third kappa shape index (κ3) is 5.14. The normalized spacial score (nSPS) is 12.4. The number of ketones is 1. The summed E-state index contributed by atoms with van der Waals surface area (Å²) < 4.78 is 0. The van der Waals surface area contributed by atoms with Gasteiger partial charge < -0.3 is 5.73 Å². The molecule has 0 amide bonds. The van der Waals surface area contributed by atoms with Crippen molar-refractivity contribution in [2.45, 2.75) is 51.5 Å². The Labute approximate surface area is 104 Å². The van der Waals surface area contributed by atoms with Crippen LogP contribution < -0.4 is 5.73 Å². The van der Waals surface area contributed by atoms with Crippen LogP contribution in [0.4, 0.5) is 0 Å². The molecule has 0 bridgehead atoms. The Morgan fingerprint density at radius 2 is 1.76 bits per heavy atom. The standard InChI is InChI=1S/C15H23NO/c1-2-3-4-5-9-12-14(17)15(16)13-10-7-6-8-11-13/h6-8,10-11,15H,2-5,9,12,16H2,1H3/t15-/m1/s1. The maximum atomic E-state index is 11.9. The van der Waals surface area contributed by atoms with Crippen molar-refractivity contribution in [2.24, 2.45) is 5.73 Å². The lowest BCUT2D eigenvalue weighted by Crippen LogP contribution is -2.21. The molecule has 1 aromatic rings. The quantitative estimate of drug-likeness (QED) is 0.697. The highest BCUT2D eigenvalue weighted by Gasteiger charge is 2.14. The number of rotatable bonds is 8. The number of benzene rings is 1. The molecular weight excluding hydrogens is 210 g/mol. The number of nitrogens with two attached hydrogens (primary N) is 1. The van der Waals surface area contributed by atoms with Gasteiger partial charge in [0.25, 0.3) is 0 Å². The molecule has 17 heavy (non-hydrogen) atoms. The summed E-state index contributed by atoms with van der Waals surface area (Å²) in [7, 11) is 0. The highest BCUT2D eigenvalue weighted by Crippen LogP contribution is 2.14. The largest absolute Gasteiger partial charge is 0.318 e. The van der Waals surface area contributed by atoms with Gasteiger partial charge in [-0.2, -0.15) is 0 Å². The van der Waals surface area contributed by atoms with Gasteiger partial charge in [0.05, 0.1) is 6.04 Å². The van der Waals surface area contributed by atoms with Crippen LogP contribution in [0.3, 0.4) is 0 Å². The van der Waals surface area contributed by atoms with Crippen LogP contribution in [0.15, 0.2) is 30.3 Å². The van der Waals surface area contributed by atoms with Gasteiger partial charge in [-0.25, -0.2) is 0 Å². The minimum absolute atomic E-state index is 0.160. The van der Waals surface area contributed by atoms with E-state index in [0.717, 1.165) is 18.4 Å². The summed E-state index contributed by atoms with van der Waals surface area (Å²) in [5, 5.41) is 0. The number of carbonyl (C=O) groups excluding carboxylic acids is 1. The van der Waals surface area contributed by atoms with E-state index >= 15 is 0 Å². The predicted molar refractivity (Wildman–Crippen MR) is 71.8 cm³/mol. The van der Waals surface area contributed by atoms with Gasteiger partial charge in [-0.15, -0.1) is 0 Å². The molecule has 0 spiro atoms. The number of Topliss-reactive ketones (excluding diaryl/α,β-unsaturated/α-hetero) is 1. The molecule has 0 radical (unpaired) electrons. The monoisotopic (exact) mass is 233 g/mol. The molecule has 0 aliphatic rings. The molecule has 2 nitrogen and oxygen atoms in total. The molecule has 1 aromatic carbocycles. The van der Waals surface area contributed by atoms with Crippen LogP contribution in [0.5, 0.6) is 0 Å². The zero-order valence-corrected chi connectivity index (χ0v) is 10.7. The first kappa shape index (κ1) is 13.9. The van der Waals surface area contributed by atoms with Gasteiger partial charge in [0.15, 0.2) is 5.78 Å². The fourth-order valence-corrected chi connectivity index (χ4v) is 1.90. The highest BCUT2D eigenvalue weighted by molar-refractivity contribution is 5.84. The van der Waals surface area contributed by atoms with Gasteiger partial charge >= 0.3 is 0 Å². The van der Waals surface area contributed by atoms with Crippen molar-refractivity contribution < 1.29 is 4.79 Å². The van der Waals surface area contributed by atoms with Crippen molar-refractivity contribution in [1.29, 1.82) is 0 Å². The fraction of sp³-hybridized carbons (Fsp3) is 0.533. The zero-order chi connectivity index (χ0) is 12.5. The first-order valence-electron chi connectivity index (χ1n) is 6.59. The van der Waals surface area contributed by atoms with E-state index in [4.69, 9.17) is 5.73 Å². The second kappa shape index (κ2) is 8.02. The Morgan fingerprint density at radius 3 is 2.41 bits per heavy atom. The Balaban J connectivity index is 2.28. The molecule has 1 rings (SSSR count). The van der Waals surface area contributed by atoms with E-state index in [2.05, 4.69) is 6.92 Å². The van der Waals surface area contributed by atoms with Crippen LogP contribution in [0.1, 0.15) is 57.1 Å². The summed E-state index contributed by atoms with van der Waals surface area (Å²) in [6.07, 6.45) is 6.45. The Kier molecular flexibility index (Phi) is 6.56. The number of hydrogen-bond donors (Lipinski definition) is 1. The van der Waals surface area contributed by atoms with Gasteiger partial charge in [0, 0.05) is 6.42 Å². The Bertz CT molecular complexity index is 321. The molecule has 1 atom stereocenters. The molecule has 0 aromatic heterocycles. The van der Waals surface area contributed by atoms with E-state index < -0.39 is 6.04 Å². The van der Waals surface area contributed by atoms with E-state index in [9.17, 15) is 4.79 Å². The van der Waals surface area contributed by atoms with E-state index in [0.29, 0.717) is 6.42 Å². The van der Waals surface area contributed by atoms with Crippen LogP contribution in [0.25, 0.3) is 0 Å². The summed E-state index contributed by atoms with van der Waals surface area (Å²) in [6.45, 7) is 2.19. The van der Waals surface area contributed by atoms with Crippen molar-refractivity contribution in [3.05, 3.63) is 35.9 Å². The van der Waals surface area contributed by atoms with Gasteiger partial charge in [-0.05, 0) is 12.0 Å². The average molecular weight is 233 g/mol. The maximum absolute atomic E-state index is 11.9. The van der Waals surface area contributed by atoms with E-state index in [1.807, 2.05) is 30.3 Å². The smallest absolute Gasteiger partial charge is 0.154 e. The zero-order valence-electron chi connectivity index (χ0n) is 10.7. The lowest BCUT2D eigenvalue weighted by molar-refractivity contribution is -0.120. The van der Waals surface area contributed by atoms with Crippen molar-refractivity contribution in [1.82, 2.24) is 0 Å². The molecular formula is C15H23NO. The topological polar surface area (TPSA) is 43.1 Å². The van der Waals surface area contributed by atoms with Gasteiger partial charge in [0.1, 0.15) is 0 Å². The van der Waals surface area contributed by atoms with Crippen LogP contribution >= 0.6 is 0 Å². The Hall–Kier alpha value is -1.15. The average Bonchev–Trinajstić information content (AvgIpc) is 2.38.